The fourth-order valence-corrected chi connectivity index (χ4v) is 4.09. The molecule has 2 atom stereocenters. The fraction of sp³-hybridized carbons (Fsp3) is 0.400. The number of benzene rings is 1. The topological polar surface area (TPSA) is 79.4 Å². The number of aromatic nitrogens is 1. The molecule has 1 aliphatic carbocycles. The number of anilines is 1. The van der Waals surface area contributed by atoms with Gasteiger partial charge >= 0.3 is 0 Å². The second-order valence-electron chi connectivity index (χ2n) is 7.00. The molecule has 2 fully saturated rings. The van der Waals surface area contributed by atoms with Gasteiger partial charge in [-0.25, -0.2) is 0 Å². The molecule has 2 aromatic rings. The van der Waals surface area contributed by atoms with Crippen LogP contribution in [0.25, 0.3) is 10.9 Å². The van der Waals surface area contributed by atoms with E-state index in [-0.39, 0.29) is 42.5 Å². The Hall–Kier alpha value is -2.76. The van der Waals surface area contributed by atoms with E-state index in [9.17, 15) is 14.4 Å². The molecule has 3 amide bonds. The predicted molar refractivity (Wildman–Crippen MR) is 97.2 cm³/mol. The Kier molecular flexibility index (Phi) is 4.41. The number of nitrogens with one attached hydrogen (secondary N) is 1. The molecule has 0 spiro atoms. The molecule has 1 aliphatic heterocycles. The maximum atomic E-state index is 12.5. The normalized spacial score (nSPS) is 22.5. The van der Waals surface area contributed by atoms with Gasteiger partial charge in [0.25, 0.3) is 0 Å². The maximum absolute atomic E-state index is 12.5. The van der Waals surface area contributed by atoms with Crippen LogP contribution in [0, 0.1) is 11.8 Å². The smallest absolute Gasteiger partial charge is 0.233 e. The van der Waals surface area contributed by atoms with E-state index < -0.39 is 0 Å². The van der Waals surface area contributed by atoms with E-state index in [0.29, 0.717) is 5.69 Å². The van der Waals surface area contributed by atoms with Crippen molar-refractivity contribution in [3.05, 3.63) is 36.5 Å². The molecule has 2 unspecified atom stereocenters. The summed E-state index contributed by atoms with van der Waals surface area (Å²) in [5.74, 6) is -0.729. The van der Waals surface area contributed by atoms with E-state index in [0.717, 1.165) is 36.6 Å². The number of hydrogen-bond acceptors (Lipinski definition) is 4. The second kappa shape index (κ2) is 6.86. The number of imide groups is 1. The summed E-state index contributed by atoms with van der Waals surface area (Å²) in [5.41, 5.74) is 1.49. The Bertz CT molecular complexity index is 850. The second-order valence-corrected chi connectivity index (χ2v) is 7.00. The summed E-state index contributed by atoms with van der Waals surface area (Å²) < 4.78 is 0. The number of rotatable bonds is 4. The van der Waals surface area contributed by atoms with Crippen molar-refractivity contribution in [3.8, 4) is 0 Å². The SMILES string of the molecule is O=C(CCN1C(=O)C2CCCCC2C1=O)Nc1cccc2ncccc12. The zero-order valence-corrected chi connectivity index (χ0v) is 14.5. The van der Waals surface area contributed by atoms with Crippen molar-refractivity contribution in [2.24, 2.45) is 11.8 Å². The average Bonchev–Trinajstić information content (AvgIpc) is 2.91. The molecule has 6 heteroatoms. The minimum Gasteiger partial charge on any atom is -0.325 e. The highest BCUT2D eigenvalue weighted by Crippen LogP contribution is 2.38. The number of nitrogens with zero attached hydrogens (tertiary/aromatic N) is 2. The van der Waals surface area contributed by atoms with Crippen molar-refractivity contribution in [2.75, 3.05) is 11.9 Å². The number of carbonyl (C=O) groups excluding carboxylic acids is 3. The lowest BCUT2D eigenvalue weighted by Gasteiger charge is -2.19. The molecule has 26 heavy (non-hydrogen) atoms. The van der Waals surface area contributed by atoms with Crippen LogP contribution in [0.15, 0.2) is 36.5 Å². The molecular weight excluding hydrogens is 330 g/mol. The third-order valence-corrected chi connectivity index (χ3v) is 5.41. The number of fused-ring (bicyclic) bond motifs is 2. The van der Waals surface area contributed by atoms with Crippen LogP contribution >= 0.6 is 0 Å². The Morgan fingerprint density at radius 2 is 1.81 bits per heavy atom. The molecule has 1 saturated carbocycles. The Morgan fingerprint density at radius 1 is 1.08 bits per heavy atom. The zero-order chi connectivity index (χ0) is 18.1. The standard InChI is InChI=1S/C20H21N3O3/c24-18(22-17-9-3-8-16-15(17)7-4-11-21-16)10-12-23-19(25)13-5-1-2-6-14(13)20(23)26/h3-4,7-9,11,13-14H,1-2,5-6,10,12H2,(H,22,24). The first-order valence-electron chi connectivity index (χ1n) is 9.14. The summed E-state index contributed by atoms with van der Waals surface area (Å²) >= 11 is 0. The Balaban J connectivity index is 1.41. The minimum atomic E-state index is -0.211. The molecule has 2 aliphatic rings. The number of carbonyl (C=O) groups is 3. The highest BCUT2D eigenvalue weighted by Gasteiger charge is 2.47. The minimum absolute atomic E-state index is 0.0955. The maximum Gasteiger partial charge on any atom is 0.233 e. The van der Waals surface area contributed by atoms with Crippen LogP contribution in [0.4, 0.5) is 5.69 Å². The molecule has 134 valence electrons. The first-order chi connectivity index (χ1) is 12.6. The van der Waals surface area contributed by atoms with Crippen molar-refractivity contribution in [1.29, 1.82) is 0 Å². The Morgan fingerprint density at radius 3 is 2.54 bits per heavy atom. The van der Waals surface area contributed by atoms with Crippen LogP contribution in [-0.4, -0.2) is 34.2 Å². The molecule has 4 rings (SSSR count). The van der Waals surface area contributed by atoms with Crippen LogP contribution < -0.4 is 5.32 Å². The summed E-state index contributed by atoms with van der Waals surface area (Å²) in [6.07, 6.45) is 5.40. The largest absolute Gasteiger partial charge is 0.325 e. The lowest BCUT2D eigenvalue weighted by molar-refractivity contribution is -0.140. The van der Waals surface area contributed by atoms with Gasteiger partial charge in [-0.05, 0) is 37.1 Å². The van der Waals surface area contributed by atoms with Crippen LogP contribution in [0.5, 0.6) is 0 Å². The number of amides is 3. The van der Waals surface area contributed by atoms with Gasteiger partial charge in [-0.2, -0.15) is 0 Å². The molecule has 2 heterocycles. The van der Waals surface area contributed by atoms with E-state index in [1.165, 1.54) is 4.90 Å². The van der Waals surface area contributed by atoms with Gasteiger partial charge in [0, 0.05) is 24.5 Å². The van der Waals surface area contributed by atoms with Crippen molar-refractivity contribution in [2.45, 2.75) is 32.1 Å². The first kappa shape index (κ1) is 16.7. The van der Waals surface area contributed by atoms with Gasteiger partial charge < -0.3 is 5.32 Å². The summed E-state index contributed by atoms with van der Waals surface area (Å²) in [6.45, 7) is 0.152. The third-order valence-electron chi connectivity index (χ3n) is 5.41. The van der Waals surface area contributed by atoms with Gasteiger partial charge in [0.05, 0.1) is 23.0 Å². The molecule has 6 nitrogen and oxygen atoms in total. The lowest BCUT2D eigenvalue weighted by Crippen LogP contribution is -2.34. The Labute approximate surface area is 151 Å². The van der Waals surface area contributed by atoms with Gasteiger partial charge in [0.2, 0.25) is 17.7 Å². The van der Waals surface area contributed by atoms with E-state index in [1.807, 2.05) is 30.3 Å². The number of hydrogen-bond donors (Lipinski definition) is 1. The van der Waals surface area contributed by atoms with E-state index >= 15 is 0 Å². The monoisotopic (exact) mass is 351 g/mol. The molecule has 1 N–H and O–H groups in total. The zero-order valence-electron chi connectivity index (χ0n) is 14.5. The van der Waals surface area contributed by atoms with Crippen molar-refractivity contribution in [1.82, 2.24) is 9.88 Å². The summed E-state index contributed by atoms with van der Waals surface area (Å²) in [4.78, 5) is 42.8. The van der Waals surface area contributed by atoms with Gasteiger partial charge in [-0.15, -0.1) is 0 Å². The molecule has 1 aromatic heterocycles. The van der Waals surface area contributed by atoms with Gasteiger partial charge in [-0.1, -0.05) is 18.9 Å². The van der Waals surface area contributed by atoms with Gasteiger partial charge in [0.1, 0.15) is 0 Å². The van der Waals surface area contributed by atoms with Crippen LogP contribution in [0.1, 0.15) is 32.1 Å². The summed E-state index contributed by atoms with van der Waals surface area (Å²) in [5, 5.41) is 3.74. The molecule has 1 saturated heterocycles. The highest BCUT2D eigenvalue weighted by atomic mass is 16.2. The average molecular weight is 351 g/mol. The van der Waals surface area contributed by atoms with Crippen molar-refractivity contribution < 1.29 is 14.4 Å². The quantitative estimate of drug-likeness (QED) is 0.859. The van der Waals surface area contributed by atoms with Gasteiger partial charge in [-0.3, -0.25) is 24.3 Å². The summed E-state index contributed by atoms with van der Waals surface area (Å²) in [7, 11) is 0. The molecule has 0 bridgehead atoms. The van der Waals surface area contributed by atoms with Crippen LogP contribution in [0.2, 0.25) is 0 Å². The van der Waals surface area contributed by atoms with Gasteiger partial charge in [0.15, 0.2) is 0 Å². The molecule has 0 radical (unpaired) electrons. The van der Waals surface area contributed by atoms with Crippen molar-refractivity contribution >= 4 is 34.3 Å². The summed E-state index contributed by atoms with van der Waals surface area (Å²) in [6, 6.07) is 9.26. The predicted octanol–water partition coefficient (Wildman–Crippen LogP) is 2.74. The van der Waals surface area contributed by atoms with Crippen molar-refractivity contribution in [3.63, 3.8) is 0 Å². The fourth-order valence-electron chi connectivity index (χ4n) is 4.09. The first-order valence-corrected chi connectivity index (χ1v) is 9.14. The van der Waals surface area contributed by atoms with E-state index in [1.54, 1.807) is 6.20 Å². The van der Waals surface area contributed by atoms with Crippen LogP contribution in [-0.2, 0) is 14.4 Å². The lowest BCUT2D eigenvalue weighted by atomic mass is 9.81. The number of likely N-dealkylation sites (tertiary alicyclic amines) is 1. The van der Waals surface area contributed by atoms with E-state index in [4.69, 9.17) is 0 Å². The van der Waals surface area contributed by atoms with Crippen LogP contribution in [0.3, 0.4) is 0 Å². The third kappa shape index (κ3) is 2.96. The molecular formula is C20H21N3O3. The highest BCUT2D eigenvalue weighted by molar-refractivity contribution is 6.06. The van der Waals surface area contributed by atoms with E-state index in [2.05, 4.69) is 10.3 Å². The molecule has 1 aromatic carbocycles. The number of pyridine rings is 1.